The van der Waals surface area contributed by atoms with Gasteiger partial charge in [-0.1, -0.05) is 12.5 Å². The zero-order chi connectivity index (χ0) is 8.69. The Kier molecular flexibility index (Phi) is 6.77. The van der Waals surface area contributed by atoms with Crippen molar-refractivity contribution in [2.45, 2.75) is 20.3 Å². The van der Waals surface area contributed by atoms with Gasteiger partial charge < -0.3 is 5.11 Å². The second kappa shape index (κ2) is 6.74. The van der Waals surface area contributed by atoms with E-state index in [4.69, 9.17) is 5.11 Å². The van der Waals surface area contributed by atoms with Gasteiger partial charge in [0, 0.05) is 6.61 Å². The van der Waals surface area contributed by atoms with Crippen molar-refractivity contribution in [2.24, 2.45) is 5.92 Å². The highest BCUT2D eigenvalue weighted by Gasteiger charge is 1.98. The van der Waals surface area contributed by atoms with Crippen molar-refractivity contribution in [1.82, 2.24) is 0 Å². The molecule has 11 heavy (non-hydrogen) atoms. The zero-order valence-corrected chi connectivity index (χ0v) is 8.28. The van der Waals surface area contributed by atoms with Gasteiger partial charge >= 0.3 is 0 Å². The van der Waals surface area contributed by atoms with Crippen LogP contribution in [0.3, 0.4) is 0 Å². The van der Waals surface area contributed by atoms with E-state index in [0.717, 1.165) is 17.9 Å². The SMILES string of the molecule is C=C(C)CCSCC(C)CO. The third kappa shape index (κ3) is 7.95. The third-order valence-electron chi connectivity index (χ3n) is 1.39. The molecular weight excluding hydrogens is 156 g/mol. The van der Waals surface area contributed by atoms with Crippen LogP contribution in [0.15, 0.2) is 12.2 Å². The molecule has 0 aliphatic rings. The minimum absolute atomic E-state index is 0.306. The number of hydrogen-bond donors (Lipinski definition) is 1. The van der Waals surface area contributed by atoms with Gasteiger partial charge in [0.25, 0.3) is 0 Å². The van der Waals surface area contributed by atoms with Gasteiger partial charge in [-0.05, 0) is 30.8 Å². The quantitative estimate of drug-likeness (QED) is 0.492. The van der Waals surface area contributed by atoms with Crippen molar-refractivity contribution in [3.8, 4) is 0 Å². The van der Waals surface area contributed by atoms with E-state index in [0.29, 0.717) is 12.5 Å². The molecule has 0 radical (unpaired) electrons. The zero-order valence-electron chi connectivity index (χ0n) is 7.47. The van der Waals surface area contributed by atoms with Gasteiger partial charge in [0.05, 0.1) is 0 Å². The number of rotatable bonds is 6. The molecule has 1 unspecified atom stereocenters. The first kappa shape index (κ1) is 11.1. The maximum Gasteiger partial charge on any atom is 0.0464 e. The Hall–Kier alpha value is 0.0500. The molecule has 0 rings (SSSR count). The molecule has 0 aliphatic carbocycles. The van der Waals surface area contributed by atoms with E-state index < -0.39 is 0 Å². The van der Waals surface area contributed by atoms with E-state index in [9.17, 15) is 0 Å². The molecule has 66 valence electrons. The Labute approximate surface area is 73.9 Å². The smallest absolute Gasteiger partial charge is 0.0464 e. The van der Waals surface area contributed by atoms with E-state index in [1.807, 2.05) is 11.8 Å². The van der Waals surface area contributed by atoms with E-state index in [2.05, 4.69) is 20.4 Å². The summed E-state index contributed by atoms with van der Waals surface area (Å²) in [6, 6.07) is 0. The van der Waals surface area contributed by atoms with Crippen LogP contribution in [0.25, 0.3) is 0 Å². The van der Waals surface area contributed by atoms with Crippen molar-refractivity contribution < 1.29 is 5.11 Å². The lowest BCUT2D eigenvalue weighted by atomic mass is 10.2. The minimum Gasteiger partial charge on any atom is -0.396 e. The molecule has 0 saturated carbocycles. The Morgan fingerprint density at radius 3 is 2.73 bits per heavy atom. The largest absolute Gasteiger partial charge is 0.396 e. The van der Waals surface area contributed by atoms with Crippen molar-refractivity contribution in [3.63, 3.8) is 0 Å². The fourth-order valence-corrected chi connectivity index (χ4v) is 1.75. The summed E-state index contributed by atoms with van der Waals surface area (Å²) < 4.78 is 0. The van der Waals surface area contributed by atoms with Gasteiger partial charge in [-0.2, -0.15) is 11.8 Å². The van der Waals surface area contributed by atoms with Crippen molar-refractivity contribution in [3.05, 3.63) is 12.2 Å². The minimum atomic E-state index is 0.306. The Bertz CT molecular complexity index is 112. The van der Waals surface area contributed by atoms with Gasteiger partial charge in [-0.25, -0.2) is 0 Å². The Balaban J connectivity index is 3.08. The van der Waals surface area contributed by atoms with Crippen LogP contribution in [0.1, 0.15) is 20.3 Å². The molecule has 0 amide bonds. The average Bonchev–Trinajstić information content (AvgIpc) is 1.97. The third-order valence-corrected chi connectivity index (χ3v) is 2.68. The first-order chi connectivity index (χ1) is 5.16. The molecule has 0 saturated heterocycles. The van der Waals surface area contributed by atoms with E-state index in [-0.39, 0.29) is 0 Å². The highest BCUT2D eigenvalue weighted by atomic mass is 32.2. The summed E-state index contributed by atoms with van der Waals surface area (Å²) in [7, 11) is 0. The van der Waals surface area contributed by atoms with Crippen molar-refractivity contribution >= 4 is 11.8 Å². The topological polar surface area (TPSA) is 20.2 Å². The Morgan fingerprint density at radius 1 is 1.64 bits per heavy atom. The highest BCUT2D eigenvalue weighted by molar-refractivity contribution is 7.99. The van der Waals surface area contributed by atoms with Crippen LogP contribution in [-0.2, 0) is 0 Å². The van der Waals surface area contributed by atoms with Crippen LogP contribution in [0.5, 0.6) is 0 Å². The van der Waals surface area contributed by atoms with Gasteiger partial charge in [0.2, 0.25) is 0 Å². The van der Waals surface area contributed by atoms with Gasteiger partial charge in [0.15, 0.2) is 0 Å². The number of allylic oxidation sites excluding steroid dienone is 1. The molecule has 0 fully saturated rings. The number of hydrogen-bond acceptors (Lipinski definition) is 2. The molecule has 0 heterocycles. The molecular formula is C9H18OS. The van der Waals surface area contributed by atoms with Gasteiger partial charge in [-0.15, -0.1) is 6.58 Å². The standard InChI is InChI=1S/C9H18OS/c1-8(2)4-5-11-7-9(3)6-10/h9-10H,1,4-7H2,2-3H3. The van der Waals surface area contributed by atoms with Crippen LogP contribution in [-0.4, -0.2) is 23.2 Å². The number of thioether (sulfide) groups is 1. The maximum absolute atomic E-state index is 8.71. The maximum atomic E-state index is 8.71. The van der Waals surface area contributed by atoms with Crippen LogP contribution in [0.2, 0.25) is 0 Å². The van der Waals surface area contributed by atoms with E-state index in [1.165, 1.54) is 5.57 Å². The monoisotopic (exact) mass is 174 g/mol. The van der Waals surface area contributed by atoms with Gasteiger partial charge in [0.1, 0.15) is 0 Å². The fourth-order valence-electron chi connectivity index (χ4n) is 0.584. The molecule has 0 aromatic heterocycles. The molecule has 0 aromatic rings. The molecule has 0 spiro atoms. The molecule has 1 N–H and O–H groups in total. The van der Waals surface area contributed by atoms with E-state index in [1.54, 1.807) is 0 Å². The molecule has 2 heteroatoms. The highest BCUT2D eigenvalue weighted by Crippen LogP contribution is 2.11. The number of aliphatic hydroxyl groups excluding tert-OH is 1. The predicted molar refractivity (Wildman–Crippen MR) is 53.0 cm³/mol. The summed E-state index contributed by atoms with van der Waals surface area (Å²) in [4.78, 5) is 0. The molecule has 1 nitrogen and oxygen atoms in total. The van der Waals surface area contributed by atoms with Crippen molar-refractivity contribution in [1.29, 1.82) is 0 Å². The normalized spacial score (nSPS) is 13.0. The molecule has 1 atom stereocenters. The summed E-state index contributed by atoms with van der Waals surface area (Å²) in [5.41, 5.74) is 1.24. The lowest BCUT2D eigenvalue weighted by molar-refractivity contribution is 0.250. The average molecular weight is 174 g/mol. The van der Waals surface area contributed by atoms with Crippen molar-refractivity contribution in [2.75, 3.05) is 18.1 Å². The van der Waals surface area contributed by atoms with Crippen LogP contribution >= 0.6 is 11.8 Å². The Morgan fingerprint density at radius 2 is 2.27 bits per heavy atom. The van der Waals surface area contributed by atoms with Crippen LogP contribution in [0.4, 0.5) is 0 Å². The summed E-state index contributed by atoms with van der Waals surface area (Å²) in [5, 5.41) is 8.71. The first-order valence-corrected chi connectivity index (χ1v) is 5.15. The summed E-state index contributed by atoms with van der Waals surface area (Å²) in [5.74, 6) is 2.63. The molecule has 0 aliphatic heterocycles. The van der Waals surface area contributed by atoms with Crippen LogP contribution < -0.4 is 0 Å². The lowest BCUT2D eigenvalue weighted by Gasteiger charge is -2.06. The summed E-state index contributed by atoms with van der Waals surface area (Å²) >= 11 is 1.89. The summed E-state index contributed by atoms with van der Waals surface area (Å²) in [6.45, 7) is 8.25. The van der Waals surface area contributed by atoms with E-state index >= 15 is 0 Å². The van der Waals surface area contributed by atoms with Crippen LogP contribution in [0, 0.1) is 5.92 Å². The second-order valence-electron chi connectivity index (χ2n) is 3.07. The fraction of sp³-hybridized carbons (Fsp3) is 0.778. The molecule has 0 aromatic carbocycles. The number of aliphatic hydroxyl groups is 1. The predicted octanol–water partition coefficient (Wildman–Crippen LogP) is 2.31. The lowest BCUT2D eigenvalue weighted by Crippen LogP contribution is -2.03. The van der Waals surface area contributed by atoms with Gasteiger partial charge in [-0.3, -0.25) is 0 Å². The second-order valence-corrected chi connectivity index (χ2v) is 4.22. The molecule has 0 bridgehead atoms. The summed E-state index contributed by atoms with van der Waals surface area (Å²) in [6.07, 6.45) is 1.10. The first-order valence-electron chi connectivity index (χ1n) is 3.99.